The van der Waals surface area contributed by atoms with Crippen molar-refractivity contribution in [3.05, 3.63) is 64.4 Å². The smallest absolute Gasteiger partial charge is 0.228 e. The van der Waals surface area contributed by atoms with Crippen molar-refractivity contribution >= 4 is 27.5 Å². The van der Waals surface area contributed by atoms with Crippen LogP contribution in [-0.4, -0.2) is 5.91 Å². The van der Waals surface area contributed by atoms with Gasteiger partial charge in [-0.1, -0.05) is 30.3 Å². The molecular formula is C16H13BrFNO. The fourth-order valence-corrected chi connectivity index (χ4v) is 2.78. The predicted octanol–water partition coefficient (Wildman–Crippen LogP) is 4.33. The molecule has 2 atom stereocenters. The number of carbonyl (C=O) groups is 1. The number of rotatable bonds is 3. The van der Waals surface area contributed by atoms with Crippen molar-refractivity contribution in [2.45, 2.75) is 12.3 Å². The summed E-state index contributed by atoms with van der Waals surface area (Å²) in [4.78, 5) is 12.2. The Bertz CT molecular complexity index is 658. The zero-order valence-electron chi connectivity index (χ0n) is 10.6. The number of halogens is 2. The van der Waals surface area contributed by atoms with Crippen LogP contribution in [0.3, 0.4) is 0 Å². The Morgan fingerprint density at radius 1 is 1.15 bits per heavy atom. The van der Waals surface area contributed by atoms with E-state index in [9.17, 15) is 9.18 Å². The molecule has 2 nitrogen and oxygen atoms in total. The molecule has 1 aliphatic carbocycles. The predicted molar refractivity (Wildman–Crippen MR) is 80.0 cm³/mol. The number of nitrogens with one attached hydrogen (secondary N) is 1. The van der Waals surface area contributed by atoms with Gasteiger partial charge in [0.05, 0.1) is 5.69 Å². The third-order valence-electron chi connectivity index (χ3n) is 3.56. The summed E-state index contributed by atoms with van der Waals surface area (Å²) >= 11 is 3.39. The lowest BCUT2D eigenvalue weighted by molar-refractivity contribution is -0.117. The molecule has 0 aliphatic heterocycles. The first-order valence-electron chi connectivity index (χ1n) is 6.46. The minimum Gasteiger partial charge on any atom is -0.325 e. The SMILES string of the molecule is O=C(Nc1ccccc1Br)C1CC1c1ccccc1F. The standard InChI is InChI=1S/C16H13BrFNO/c17-13-6-2-4-8-15(13)19-16(20)12-9-11(12)10-5-1-3-7-14(10)18/h1-8,11-12H,9H2,(H,19,20). The van der Waals surface area contributed by atoms with Gasteiger partial charge in [-0.25, -0.2) is 4.39 Å². The van der Waals surface area contributed by atoms with E-state index < -0.39 is 0 Å². The van der Waals surface area contributed by atoms with E-state index in [2.05, 4.69) is 21.2 Å². The number of benzene rings is 2. The van der Waals surface area contributed by atoms with Crippen LogP contribution in [-0.2, 0) is 4.79 Å². The fraction of sp³-hybridized carbons (Fsp3) is 0.188. The molecule has 0 bridgehead atoms. The van der Waals surface area contributed by atoms with Gasteiger partial charge in [-0.15, -0.1) is 0 Å². The van der Waals surface area contributed by atoms with E-state index in [-0.39, 0.29) is 23.6 Å². The normalized spacial score (nSPS) is 20.5. The van der Waals surface area contributed by atoms with Crippen molar-refractivity contribution in [1.29, 1.82) is 0 Å². The van der Waals surface area contributed by atoms with Crippen molar-refractivity contribution in [3.8, 4) is 0 Å². The molecule has 0 aromatic heterocycles. The summed E-state index contributed by atoms with van der Waals surface area (Å²) in [6.07, 6.45) is 0.706. The minimum atomic E-state index is -0.228. The van der Waals surface area contributed by atoms with Gasteiger partial charge in [-0.3, -0.25) is 4.79 Å². The third-order valence-corrected chi connectivity index (χ3v) is 4.26. The maximum absolute atomic E-state index is 13.7. The zero-order chi connectivity index (χ0) is 14.1. The lowest BCUT2D eigenvalue weighted by Gasteiger charge is -2.07. The monoisotopic (exact) mass is 333 g/mol. The van der Waals surface area contributed by atoms with Crippen LogP contribution in [0.15, 0.2) is 53.0 Å². The first kappa shape index (κ1) is 13.3. The molecule has 20 heavy (non-hydrogen) atoms. The Kier molecular flexibility index (Phi) is 3.57. The lowest BCUT2D eigenvalue weighted by Crippen LogP contribution is -2.15. The number of para-hydroxylation sites is 1. The summed E-state index contributed by atoms with van der Waals surface area (Å²) in [6.45, 7) is 0. The van der Waals surface area contributed by atoms with Gasteiger partial charge in [0, 0.05) is 10.4 Å². The molecule has 3 rings (SSSR count). The van der Waals surface area contributed by atoms with Crippen LogP contribution in [0.4, 0.5) is 10.1 Å². The topological polar surface area (TPSA) is 29.1 Å². The van der Waals surface area contributed by atoms with Gasteiger partial charge < -0.3 is 5.32 Å². The Labute approximate surface area is 125 Å². The molecular weight excluding hydrogens is 321 g/mol. The van der Waals surface area contributed by atoms with Crippen LogP contribution >= 0.6 is 15.9 Å². The van der Waals surface area contributed by atoms with Crippen LogP contribution < -0.4 is 5.32 Å². The average molecular weight is 334 g/mol. The van der Waals surface area contributed by atoms with Gasteiger partial charge in [0.2, 0.25) is 5.91 Å². The summed E-state index contributed by atoms with van der Waals surface area (Å²) in [5, 5.41) is 2.88. The van der Waals surface area contributed by atoms with E-state index in [0.717, 1.165) is 10.2 Å². The number of hydrogen-bond donors (Lipinski definition) is 1. The highest BCUT2D eigenvalue weighted by Crippen LogP contribution is 2.48. The molecule has 0 saturated heterocycles. The average Bonchev–Trinajstić information content (AvgIpc) is 3.22. The van der Waals surface area contributed by atoms with Gasteiger partial charge >= 0.3 is 0 Å². The highest BCUT2D eigenvalue weighted by atomic mass is 79.9. The quantitative estimate of drug-likeness (QED) is 0.889. The Morgan fingerprint density at radius 2 is 1.85 bits per heavy atom. The molecule has 0 radical (unpaired) electrons. The summed E-state index contributed by atoms with van der Waals surface area (Å²) in [5.74, 6) is -0.420. The molecule has 2 unspecified atom stereocenters. The molecule has 1 saturated carbocycles. The van der Waals surface area contributed by atoms with Crippen molar-refractivity contribution in [2.24, 2.45) is 5.92 Å². The molecule has 1 aliphatic rings. The molecule has 102 valence electrons. The highest BCUT2D eigenvalue weighted by molar-refractivity contribution is 9.10. The van der Waals surface area contributed by atoms with Crippen molar-refractivity contribution in [3.63, 3.8) is 0 Å². The third kappa shape index (κ3) is 2.61. The summed E-state index contributed by atoms with van der Waals surface area (Å²) in [6, 6.07) is 14.1. The molecule has 0 spiro atoms. The number of anilines is 1. The zero-order valence-corrected chi connectivity index (χ0v) is 12.2. The van der Waals surface area contributed by atoms with Gasteiger partial charge in [0.1, 0.15) is 5.82 Å². The fourth-order valence-electron chi connectivity index (χ4n) is 2.39. The van der Waals surface area contributed by atoms with E-state index >= 15 is 0 Å². The van der Waals surface area contributed by atoms with E-state index in [1.165, 1.54) is 6.07 Å². The van der Waals surface area contributed by atoms with Gasteiger partial charge in [-0.2, -0.15) is 0 Å². The maximum atomic E-state index is 13.7. The van der Waals surface area contributed by atoms with Crippen LogP contribution in [0, 0.1) is 11.7 Å². The lowest BCUT2D eigenvalue weighted by atomic mass is 10.1. The molecule has 0 heterocycles. The Balaban J connectivity index is 1.69. The molecule has 4 heteroatoms. The second kappa shape index (κ2) is 5.37. The minimum absolute atomic E-state index is 0.00122. The van der Waals surface area contributed by atoms with Crippen LogP contribution in [0.5, 0.6) is 0 Å². The molecule has 2 aromatic rings. The first-order chi connectivity index (χ1) is 9.66. The van der Waals surface area contributed by atoms with E-state index in [4.69, 9.17) is 0 Å². The second-order valence-electron chi connectivity index (χ2n) is 4.94. The largest absolute Gasteiger partial charge is 0.325 e. The molecule has 2 aromatic carbocycles. The summed E-state index contributed by atoms with van der Waals surface area (Å²) in [5.41, 5.74) is 1.39. The van der Waals surface area contributed by atoms with Crippen molar-refractivity contribution in [1.82, 2.24) is 0 Å². The number of carbonyl (C=O) groups excluding carboxylic acids is 1. The van der Waals surface area contributed by atoms with E-state index in [1.54, 1.807) is 18.2 Å². The molecule has 1 fully saturated rings. The molecule has 1 N–H and O–H groups in total. The van der Waals surface area contributed by atoms with Crippen molar-refractivity contribution < 1.29 is 9.18 Å². The van der Waals surface area contributed by atoms with Crippen LogP contribution in [0.1, 0.15) is 17.9 Å². The van der Waals surface area contributed by atoms with Crippen molar-refractivity contribution in [2.75, 3.05) is 5.32 Å². The van der Waals surface area contributed by atoms with Gasteiger partial charge in [-0.05, 0) is 52.0 Å². The Morgan fingerprint density at radius 3 is 2.60 bits per heavy atom. The number of amides is 1. The van der Waals surface area contributed by atoms with Gasteiger partial charge in [0.15, 0.2) is 0 Å². The Hall–Kier alpha value is -1.68. The van der Waals surface area contributed by atoms with Crippen LogP contribution in [0.25, 0.3) is 0 Å². The second-order valence-corrected chi connectivity index (χ2v) is 5.79. The van der Waals surface area contributed by atoms with E-state index in [0.29, 0.717) is 12.0 Å². The highest BCUT2D eigenvalue weighted by Gasteiger charge is 2.45. The van der Waals surface area contributed by atoms with Gasteiger partial charge in [0.25, 0.3) is 0 Å². The summed E-state index contributed by atoms with van der Waals surface area (Å²) < 4.78 is 14.5. The van der Waals surface area contributed by atoms with E-state index in [1.807, 2.05) is 24.3 Å². The summed E-state index contributed by atoms with van der Waals surface area (Å²) in [7, 11) is 0. The number of hydrogen-bond acceptors (Lipinski definition) is 1. The molecule has 1 amide bonds. The maximum Gasteiger partial charge on any atom is 0.228 e. The van der Waals surface area contributed by atoms with Crippen LogP contribution in [0.2, 0.25) is 0 Å². The first-order valence-corrected chi connectivity index (χ1v) is 7.26.